The van der Waals surface area contributed by atoms with Crippen molar-refractivity contribution in [1.82, 2.24) is 4.98 Å². The van der Waals surface area contributed by atoms with E-state index < -0.39 is 0 Å². The summed E-state index contributed by atoms with van der Waals surface area (Å²) in [5.41, 5.74) is 6.41. The minimum absolute atomic E-state index is 0.488. The average Bonchev–Trinajstić information content (AvgIpc) is 1.94. The molecule has 54 valence electrons. The van der Waals surface area contributed by atoms with Gasteiger partial charge in [-0.05, 0) is 6.92 Å². The maximum atomic E-state index is 5.41. The standard InChI is InChI=1S/C7H10N2O/c1-5-4-9-7(8)3-6(5)10-2/h3-4H,1-2H3,(H2,8,9). The molecule has 0 spiro atoms. The van der Waals surface area contributed by atoms with E-state index in [2.05, 4.69) is 4.98 Å². The molecule has 3 nitrogen and oxygen atoms in total. The summed E-state index contributed by atoms with van der Waals surface area (Å²) in [6, 6.07) is 1.70. The van der Waals surface area contributed by atoms with Gasteiger partial charge in [-0.2, -0.15) is 0 Å². The fourth-order valence-corrected chi connectivity index (χ4v) is 0.740. The van der Waals surface area contributed by atoms with E-state index in [4.69, 9.17) is 10.5 Å². The van der Waals surface area contributed by atoms with Gasteiger partial charge in [-0.15, -0.1) is 0 Å². The Morgan fingerprint density at radius 1 is 1.60 bits per heavy atom. The van der Waals surface area contributed by atoms with Crippen LogP contribution in [-0.4, -0.2) is 12.1 Å². The van der Waals surface area contributed by atoms with Crippen LogP contribution in [-0.2, 0) is 0 Å². The van der Waals surface area contributed by atoms with Crippen LogP contribution >= 0.6 is 0 Å². The number of aryl methyl sites for hydroxylation is 1. The smallest absolute Gasteiger partial charge is 0.127 e. The number of aromatic nitrogens is 1. The molecule has 1 aromatic heterocycles. The molecule has 0 aliphatic carbocycles. The van der Waals surface area contributed by atoms with Gasteiger partial charge in [-0.25, -0.2) is 4.98 Å². The van der Waals surface area contributed by atoms with E-state index in [0.29, 0.717) is 5.82 Å². The second kappa shape index (κ2) is 2.56. The fraction of sp³-hybridized carbons (Fsp3) is 0.286. The van der Waals surface area contributed by atoms with Gasteiger partial charge in [0.2, 0.25) is 0 Å². The van der Waals surface area contributed by atoms with E-state index in [0.717, 1.165) is 11.3 Å². The number of rotatable bonds is 1. The molecule has 0 saturated carbocycles. The molecule has 0 unspecified atom stereocenters. The van der Waals surface area contributed by atoms with Gasteiger partial charge in [0.25, 0.3) is 0 Å². The first kappa shape index (κ1) is 6.86. The highest BCUT2D eigenvalue weighted by Gasteiger charge is 1.96. The summed E-state index contributed by atoms with van der Waals surface area (Å²) in [4.78, 5) is 3.89. The number of pyridine rings is 1. The predicted molar refractivity (Wildman–Crippen MR) is 39.9 cm³/mol. The first-order chi connectivity index (χ1) is 4.74. The number of nitrogen functional groups attached to an aromatic ring is 1. The summed E-state index contributed by atoms with van der Waals surface area (Å²) in [6.07, 6.45) is 1.69. The van der Waals surface area contributed by atoms with Gasteiger partial charge >= 0.3 is 0 Å². The van der Waals surface area contributed by atoms with E-state index in [1.807, 2.05) is 6.92 Å². The highest BCUT2D eigenvalue weighted by molar-refractivity contribution is 5.40. The summed E-state index contributed by atoms with van der Waals surface area (Å²) >= 11 is 0. The number of nitrogens with zero attached hydrogens (tertiary/aromatic N) is 1. The zero-order chi connectivity index (χ0) is 7.56. The maximum Gasteiger partial charge on any atom is 0.127 e. The van der Waals surface area contributed by atoms with Crippen LogP contribution < -0.4 is 10.5 Å². The molecule has 3 heteroatoms. The van der Waals surface area contributed by atoms with Crippen LogP contribution in [0.15, 0.2) is 12.3 Å². The highest BCUT2D eigenvalue weighted by atomic mass is 16.5. The largest absolute Gasteiger partial charge is 0.496 e. The molecule has 0 atom stereocenters. The van der Waals surface area contributed by atoms with Crippen LogP contribution in [0.25, 0.3) is 0 Å². The lowest BCUT2D eigenvalue weighted by molar-refractivity contribution is 0.411. The Morgan fingerprint density at radius 2 is 2.30 bits per heavy atom. The van der Waals surface area contributed by atoms with Gasteiger partial charge in [0, 0.05) is 17.8 Å². The van der Waals surface area contributed by atoms with Crippen molar-refractivity contribution in [3.63, 3.8) is 0 Å². The molecule has 2 N–H and O–H groups in total. The van der Waals surface area contributed by atoms with Gasteiger partial charge in [-0.1, -0.05) is 0 Å². The number of nitrogens with two attached hydrogens (primary N) is 1. The molecule has 0 aliphatic heterocycles. The molecular weight excluding hydrogens is 128 g/mol. The van der Waals surface area contributed by atoms with Crippen molar-refractivity contribution in [2.24, 2.45) is 0 Å². The number of methoxy groups -OCH3 is 1. The third-order valence-corrected chi connectivity index (χ3v) is 1.29. The molecule has 0 saturated heterocycles. The molecule has 0 radical (unpaired) electrons. The summed E-state index contributed by atoms with van der Waals surface area (Å²) in [7, 11) is 1.61. The first-order valence-electron chi connectivity index (χ1n) is 3.00. The Bertz CT molecular complexity index is 235. The predicted octanol–water partition coefficient (Wildman–Crippen LogP) is 0.981. The topological polar surface area (TPSA) is 48.1 Å². The summed E-state index contributed by atoms with van der Waals surface area (Å²) < 4.78 is 5.01. The Kier molecular flexibility index (Phi) is 1.76. The average molecular weight is 138 g/mol. The molecule has 0 aromatic carbocycles. The van der Waals surface area contributed by atoms with Gasteiger partial charge in [0.15, 0.2) is 0 Å². The summed E-state index contributed by atoms with van der Waals surface area (Å²) in [5, 5.41) is 0. The highest BCUT2D eigenvalue weighted by Crippen LogP contribution is 2.17. The number of hydrogen-bond donors (Lipinski definition) is 1. The molecule has 0 fully saturated rings. The van der Waals surface area contributed by atoms with Crippen LogP contribution in [0.5, 0.6) is 5.75 Å². The van der Waals surface area contributed by atoms with Crippen molar-refractivity contribution >= 4 is 5.82 Å². The third-order valence-electron chi connectivity index (χ3n) is 1.29. The lowest BCUT2D eigenvalue weighted by Gasteiger charge is -2.02. The monoisotopic (exact) mass is 138 g/mol. The number of hydrogen-bond acceptors (Lipinski definition) is 3. The molecule has 0 bridgehead atoms. The Hall–Kier alpha value is -1.25. The second-order valence-corrected chi connectivity index (χ2v) is 2.08. The van der Waals surface area contributed by atoms with E-state index >= 15 is 0 Å². The van der Waals surface area contributed by atoms with Gasteiger partial charge in [-0.3, -0.25) is 0 Å². The third kappa shape index (κ3) is 1.18. The van der Waals surface area contributed by atoms with E-state index in [-0.39, 0.29) is 0 Å². The van der Waals surface area contributed by atoms with Crippen molar-refractivity contribution in [2.75, 3.05) is 12.8 Å². The van der Waals surface area contributed by atoms with E-state index in [9.17, 15) is 0 Å². The zero-order valence-corrected chi connectivity index (χ0v) is 6.09. The molecule has 0 amide bonds. The van der Waals surface area contributed by atoms with Gasteiger partial charge in [0.05, 0.1) is 7.11 Å². The molecule has 1 heterocycles. The Balaban J connectivity index is 3.09. The molecule has 10 heavy (non-hydrogen) atoms. The van der Waals surface area contributed by atoms with Gasteiger partial charge < -0.3 is 10.5 Å². The molecule has 0 aliphatic rings. The normalized spacial score (nSPS) is 9.40. The van der Waals surface area contributed by atoms with Gasteiger partial charge in [0.1, 0.15) is 11.6 Å². The molecule has 1 rings (SSSR count). The Morgan fingerprint density at radius 3 is 2.80 bits per heavy atom. The summed E-state index contributed by atoms with van der Waals surface area (Å²) in [6.45, 7) is 1.92. The van der Waals surface area contributed by atoms with E-state index in [1.165, 1.54) is 0 Å². The quantitative estimate of drug-likeness (QED) is 0.629. The van der Waals surface area contributed by atoms with Crippen LogP contribution in [0.2, 0.25) is 0 Å². The maximum absolute atomic E-state index is 5.41. The van der Waals surface area contributed by atoms with Crippen molar-refractivity contribution in [2.45, 2.75) is 6.92 Å². The minimum Gasteiger partial charge on any atom is -0.496 e. The number of anilines is 1. The van der Waals surface area contributed by atoms with Crippen LogP contribution in [0.1, 0.15) is 5.56 Å². The van der Waals surface area contributed by atoms with Crippen molar-refractivity contribution < 1.29 is 4.74 Å². The number of ether oxygens (including phenoxy) is 1. The second-order valence-electron chi connectivity index (χ2n) is 2.08. The summed E-state index contributed by atoms with van der Waals surface area (Å²) in [5.74, 6) is 1.27. The minimum atomic E-state index is 0.488. The van der Waals surface area contributed by atoms with E-state index in [1.54, 1.807) is 19.4 Å². The SMILES string of the molecule is COc1cc(N)ncc1C. The van der Waals surface area contributed by atoms with Crippen LogP contribution in [0.3, 0.4) is 0 Å². The van der Waals surface area contributed by atoms with Crippen molar-refractivity contribution in [1.29, 1.82) is 0 Å². The van der Waals surface area contributed by atoms with Crippen molar-refractivity contribution in [3.05, 3.63) is 17.8 Å². The molecule has 1 aromatic rings. The zero-order valence-electron chi connectivity index (χ0n) is 6.09. The lowest BCUT2D eigenvalue weighted by Crippen LogP contribution is -1.93. The molecular formula is C7H10N2O. The van der Waals surface area contributed by atoms with Crippen LogP contribution in [0.4, 0.5) is 5.82 Å². The Labute approximate surface area is 59.8 Å². The lowest BCUT2D eigenvalue weighted by atomic mass is 10.3. The van der Waals surface area contributed by atoms with Crippen LogP contribution in [0, 0.1) is 6.92 Å². The first-order valence-corrected chi connectivity index (χ1v) is 3.00. The fourth-order valence-electron chi connectivity index (χ4n) is 0.740. The van der Waals surface area contributed by atoms with Crippen molar-refractivity contribution in [3.8, 4) is 5.75 Å².